The van der Waals surface area contributed by atoms with E-state index in [0.717, 1.165) is 16.9 Å². The van der Waals surface area contributed by atoms with Gasteiger partial charge < -0.3 is 20.1 Å². The Labute approximate surface area is 207 Å². The number of nitrogens with zero attached hydrogens (tertiary/aromatic N) is 4. The molecule has 176 valence electrons. The molecule has 2 amide bonds. The summed E-state index contributed by atoms with van der Waals surface area (Å²) in [5, 5.41) is 3.85. The zero-order valence-corrected chi connectivity index (χ0v) is 19.6. The summed E-state index contributed by atoms with van der Waals surface area (Å²) in [6.07, 6.45) is 5.11. The van der Waals surface area contributed by atoms with Crippen LogP contribution in [0.4, 0.5) is 11.6 Å². The number of piperazine rings is 1. The van der Waals surface area contributed by atoms with Crippen molar-refractivity contribution in [2.45, 2.75) is 0 Å². The van der Waals surface area contributed by atoms with Crippen LogP contribution in [0.3, 0.4) is 0 Å². The van der Waals surface area contributed by atoms with Gasteiger partial charge in [0.05, 0.1) is 11.3 Å². The second kappa shape index (κ2) is 9.99. The Hall–Kier alpha value is -4.17. The van der Waals surface area contributed by atoms with Crippen LogP contribution in [0.25, 0.3) is 11.3 Å². The number of H-pyrrole nitrogens is 1. The number of halogens is 1. The molecular formula is C26H23ClN6O2. The molecule has 2 aromatic carbocycles. The Kier molecular flexibility index (Phi) is 6.45. The van der Waals surface area contributed by atoms with Gasteiger partial charge in [-0.05, 0) is 48.5 Å². The van der Waals surface area contributed by atoms with Crippen molar-refractivity contribution in [2.75, 3.05) is 31.5 Å². The lowest BCUT2D eigenvalue weighted by atomic mass is 10.1. The molecule has 0 atom stereocenters. The molecule has 9 heteroatoms. The lowest BCUT2D eigenvalue weighted by Crippen LogP contribution is -2.50. The van der Waals surface area contributed by atoms with Crippen LogP contribution in [0.1, 0.15) is 20.7 Å². The molecule has 2 aromatic heterocycles. The molecule has 1 aliphatic heterocycles. The van der Waals surface area contributed by atoms with E-state index in [1.807, 2.05) is 42.5 Å². The highest BCUT2D eigenvalue weighted by molar-refractivity contribution is 6.30. The highest BCUT2D eigenvalue weighted by atomic mass is 35.5. The molecule has 4 aromatic rings. The van der Waals surface area contributed by atoms with Gasteiger partial charge in [0.1, 0.15) is 0 Å². The number of hydrogen-bond donors (Lipinski definition) is 2. The maximum atomic E-state index is 13.0. The average Bonchev–Trinajstić information content (AvgIpc) is 3.44. The van der Waals surface area contributed by atoms with Crippen LogP contribution in [0.5, 0.6) is 0 Å². The van der Waals surface area contributed by atoms with Gasteiger partial charge in [-0.15, -0.1) is 0 Å². The van der Waals surface area contributed by atoms with Crippen LogP contribution in [-0.2, 0) is 0 Å². The standard InChI is InChI=1S/C26H23ClN6O2/c27-21-5-1-18(2-6-21)23-10-12-29-26(31-23)30-22-7-3-19(4-8-22)24(34)32-13-15-33(16-14-32)25(35)20-9-11-28-17-20/h1-12,17,28H,13-16H2,(H,29,30,31). The zero-order valence-electron chi connectivity index (χ0n) is 18.8. The molecule has 35 heavy (non-hydrogen) atoms. The number of hydrogen-bond acceptors (Lipinski definition) is 5. The molecule has 3 heterocycles. The molecule has 0 aliphatic carbocycles. The molecule has 0 spiro atoms. The van der Waals surface area contributed by atoms with Gasteiger partial charge in [0, 0.05) is 66.6 Å². The Bertz CT molecular complexity index is 1310. The van der Waals surface area contributed by atoms with Crippen molar-refractivity contribution in [1.82, 2.24) is 24.8 Å². The molecular weight excluding hydrogens is 464 g/mol. The van der Waals surface area contributed by atoms with Gasteiger partial charge in [0.25, 0.3) is 11.8 Å². The van der Waals surface area contributed by atoms with E-state index < -0.39 is 0 Å². The van der Waals surface area contributed by atoms with Gasteiger partial charge >= 0.3 is 0 Å². The first-order chi connectivity index (χ1) is 17.1. The van der Waals surface area contributed by atoms with E-state index >= 15 is 0 Å². The van der Waals surface area contributed by atoms with Crippen molar-refractivity contribution in [3.05, 3.63) is 95.4 Å². The van der Waals surface area contributed by atoms with Gasteiger partial charge in [0.15, 0.2) is 0 Å². The number of amides is 2. The Morgan fingerprint density at radius 2 is 1.49 bits per heavy atom. The predicted molar refractivity (Wildman–Crippen MR) is 135 cm³/mol. The molecule has 2 N–H and O–H groups in total. The van der Waals surface area contributed by atoms with Gasteiger partial charge in [0.2, 0.25) is 5.95 Å². The first-order valence-electron chi connectivity index (χ1n) is 11.2. The fraction of sp³-hybridized carbons (Fsp3) is 0.154. The monoisotopic (exact) mass is 486 g/mol. The minimum Gasteiger partial charge on any atom is -0.367 e. The molecule has 1 saturated heterocycles. The summed E-state index contributed by atoms with van der Waals surface area (Å²) in [6.45, 7) is 2.02. The van der Waals surface area contributed by atoms with Crippen LogP contribution in [0.15, 0.2) is 79.3 Å². The van der Waals surface area contributed by atoms with Crippen molar-refractivity contribution in [1.29, 1.82) is 0 Å². The number of nitrogens with one attached hydrogen (secondary N) is 2. The number of aromatic nitrogens is 3. The highest BCUT2D eigenvalue weighted by Gasteiger charge is 2.25. The van der Waals surface area contributed by atoms with Crippen molar-refractivity contribution in [2.24, 2.45) is 0 Å². The Morgan fingerprint density at radius 3 is 2.11 bits per heavy atom. The van der Waals surface area contributed by atoms with Gasteiger partial charge in [-0.3, -0.25) is 9.59 Å². The average molecular weight is 487 g/mol. The largest absolute Gasteiger partial charge is 0.367 e. The number of aromatic amines is 1. The molecule has 1 fully saturated rings. The molecule has 8 nitrogen and oxygen atoms in total. The van der Waals surface area contributed by atoms with Crippen LogP contribution >= 0.6 is 11.6 Å². The molecule has 0 saturated carbocycles. The zero-order chi connectivity index (χ0) is 24.2. The normalized spacial score (nSPS) is 13.5. The summed E-state index contributed by atoms with van der Waals surface area (Å²) in [5.74, 6) is 0.391. The molecule has 0 unspecified atom stereocenters. The maximum Gasteiger partial charge on any atom is 0.255 e. The number of benzene rings is 2. The molecule has 1 aliphatic rings. The fourth-order valence-corrected chi connectivity index (χ4v) is 4.09. The van der Waals surface area contributed by atoms with Gasteiger partial charge in [-0.1, -0.05) is 23.7 Å². The van der Waals surface area contributed by atoms with E-state index in [4.69, 9.17) is 11.6 Å². The number of anilines is 2. The van der Waals surface area contributed by atoms with E-state index in [9.17, 15) is 9.59 Å². The van der Waals surface area contributed by atoms with Crippen molar-refractivity contribution < 1.29 is 9.59 Å². The van der Waals surface area contributed by atoms with Gasteiger partial charge in [-0.25, -0.2) is 9.97 Å². The summed E-state index contributed by atoms with van der Waals surface area (Å²) in [4.78, 5) is 40.8. The minimum absolute atomic E-state index is 0.0175. The second-order valence-corrected chi connectivity index (χ2v) is 8.60. The van der Waals surface area contributed by atoms with Crippen LogP contribution in [0, 0.1) is 0 Å². The summed E-state index contributed by atoms with van der Waals surface area (Å²) < 4.78 is 0. The molecule has 5 rings (SSSR count). The Balaban J connectivity index is 1.19. The van der Waals surface area contributed by atoms with Crippen molar-refractivity contribution in [3.63, 3.8) is 0 Å². The lowest BCUT2D eigenvalue weighted by molar-refractivity contribution is 0.0535. The number of carbonyl (C=O) groups is 2. The van der Waals surface area contributed by atoms with Crippen LogP contribution in [0.2, 0.25) is 5.02 Å². The SMILES string of the molecule is O=C(c1ccc(Nc2nccc(-c3ccc(Cl)cc3)n2)cc1)N1CCN(C(=O)c2cc[nH]c2)CC1. The first-order valence-corrected chi connectivity index (χ1v) is 11.6. The summed E-state index contributed by atoms with van der Waals surface area (Å²) in [6, 6.07) is 18.3. The van der Waals surface area contributed by atoms with E-state index in [0.29, 0.717) is 48.3 Å². The van der Waals surface area contributed by atoms with Crippen LogP contribution in [-0.4, -0.2) is 62.7 Å². The summed E-state index contributed by atoms with van der Waals surface area (Å²) in [7, 11) is 0. The maximum absolute atomic E-state index is 13.0. The molecule has 0 bridgehead atoms. The third kappa shape index (κ3) is 5.17. The van der Waals surface area contributed by atoms with E-state index in [1.54, 1.807) is 46.6 Å². The third-order valence-electron chi connectivity index (χ3n) is 5.88. The first kappa shape index (κ1) is 22.6. The smallest absolute Gasteiger partial charge is 0.255 e. The van der Waals surface area contributed by atoms with Crippen LogP contribution < -0.4 is 5.32 Å². The topological polar surface area (TPSA) is 94.2 Å². The molecule has 0 radical (unpaired) electrons. The fourth-order valence-electron chi connectivity index (χ4n) is 3.96. The highest BCUT2D eigenvalue weighted by Crippen LogP contribution is 2.22. The van der Waals surface area contributed by atoms with E-state index in [-0.39, 0.29) is 11.8 Å². The quantitative estimate of drug-likeness (QED) is 0.434. The minimum atomic E-state index is -0.0497. The predicted octanol–water partition coefficient (Wildman–Crippen LogP) is 4.47. The van der Waals surface area contributed by atoms with Gasteiger partial charge in [-0.2, -0.15) is 0 Å². The van der Waals surface area contributed by atoms with Crippen molar-refractivity contribution >= 4 is 35.1 Å². The number of rotatable bonds is 5. The van der Waals surface area contributed by atoms with E-state index in [2.05, 4.69) is 20.3 Å². The second-order valence-electron chi connectivity index (χ2n) is 8.16. The lowest BCUT2D eigenvalue weighted by Gasteiger charge is -2.34. The third-order valence-corrected chi connectivity index (χ3v) is 6.13. The van der Waals surface area contributed by atoms with Crippen molar-refractivity contribution in [3.8, 4) is 11.3 Å². The van der Waals surface area contributed by atoms with E-state index in [1.165, 1.54) is 0 Å². The summed E-state index contributed by atoms with van der Waals surface area (Å²) >= 11 is 5.97. The summed E-state index contributed by atoms with van der Waals surface area (Å²) in [5.41, 5.74) is 3.72. The Morgan fingerprint density at radius 1 is 0.829 bits per heavy atom. The number of carbonyl (C=O) groups excluding carboxylic acids is 2.